The van der Waals surface area contributed by atoms with Gasteiger partial charge in [0.25, 0.3) is 0 Å². The summed E-state index contributed by atoms with van der Waals surface area (Å²) in [5, 5.41) is 14.5. The Morgan fingerprint density at radius 3 is 2.46 bits per heavy atom. The van der Waals surface area contributed by atoms with Gasteiger partial charge in [0, 0.05) is 17.4 Å². The normalized spacial score (nSPS) is 16.4. The highest BCUT2D eigenvalue weighted by atomic mass is 79.9. The first kappa shape index (κ1) is 27.9. The zero-order valence-electron chi connectivity index (χ0n) is 21.1. The summed E-state index contributed by atoms with van der Waals surface area (Å²) >= 11 is 3.38. The monoisotopic (exact) mass is 599 g/mol. The first-order valence-electron chi connectivity index (χ1n) is 12.1. The number of rotatable bonds is 9. The molecule has 11 heteroatoms. The number of ether oxygens (including phenoxy) is 2. The van der Waals surface area contributed by atoms with Crippen LogP contribution in [0.1, 0.15) is 28.8 Å². The number of carbonyl (C=O) groups excluding carboxylic acids is 2. The van der Waals surface area contributed by atoms with Gasteiger partial charge in [0.2, 0.25) is 11.7 Å². The molecule has 1 heterocycles. The van der Waals surface area contributed by atoms with Gasteiger partial charge in [-0.05, 0) is 76.4 Å². The molecule has 3 N–H and O–H groups in total. The van der Waals surface area contributed by atoms with Crippen molar-refractivity contribution in [3.63, 3.8) is 0 Å². The van der Waals surface area contributed by atoms with Gasteiger partial charge in [0.05, 0.1) is 30.5 Å². The average molecular weight is 600 g/mol. The van der Waals surface area contributed by atoms with E-state index < -0.39 is 23.7 Å². The molecule has 1 aliphatic heterocycles. The molecule has 204 valence electrons. The van der Waals surface area contributed by atoms with Crippen LogP contribution in [0.5, 0.6) is 11.5 Å². The number of amides is 3. The van der Waals surface area contributed by atoms with E-state index >= 15 is 4.39 Å². The van der Waals surface area contributed by atoms with Gasteiger partial charge >= 0.3 is 12.0 Å². The van der Waals surface area contributed by atoms with Crippen molar-refractivity contribution >= 4 is 45.2 Å². The zero-order chi connectivity index (χ0) is 28.0. The molecular formula is C28H27BrFN3O6. The van der Waals surface area contributed by atoms with E-state index in [4.69, 9.17) is 14.6 Å². The van der Waals surface area contributed by atoms with Crippen LogP contribution in [0.4, 0.5) is 20.6 Å². The molecule has 3 aromatic rings. The van der Waals surface area contributed by atoms with E-state index in [1.54, 1.807) is 36.4 Å². The summed E-state index contributed by atoms with van der Waals surface area (Å²) in [6.45, 7) is -0.118. The number of hydrogen-bond donors (Lipinski definition) is 3. The van der Waals surface area contributed by atoms with Gasteiger partial charge in [-0.1, -0.05) is 18.2 Å². The molecule has 4 rings (SSSR count). The van der Waals surface area contributed by atoms with Crippen molar-refractivity contribution in [2.24, 2.45) is 0 Å². The number of nitrogens with one attached hydrogen (secondary N) is 2. The fourth-order valence-electron chi connectivity index (χ4n) is 4.29. The number of nitrogens with zero attached hydrogens (tertiary/aromatic N) is 1. The summed E-state index contributed by atoms with van der Waals surface area (Å²) in [7, 11) is 1.45. The largest absolute Gasteiger partial charge is 0.495 e. The first-order valence-corrected chi connectivity index (χ1v) is 12.9. The summed E-state index contributed by atoms with van der Waals surface area (Å²) in [5.41, 5.74) is 1.68. The molecule has 0 spiro atoms. The highest BCUT2D eigenvalue weighted by Gasteiger charge is 2.44. The standard InChI is InChI=1S/C28H27BrFN3O6/c1-38-24-15-18(7-12-23(24)32-27(37)31-22-6-3-2-5-21(22)29)16-25(34)33-14-4-13-28(33,30)17-39-20-10-8-19(9-11-20)26(35)36/h2-3,5-12,15H,4,13-14,16-17H2,1H3,(H,35,36)(H2,31,32,37)/t28-/m1/s1. The molecule has 1 fully saturated rings. The van der Waals surface area contributed by atoms with Crippen LogP contribution >= 0.6 is 15.9 Å². The Bertz CT molecular complexity index is 1370. The van der Waals surface area contributed by atoms with Crippen LogP contribution in [0.15, 0.2) is 71.2 Å². The maximum absolute atomic E-state index is 15.8. The maximum atomic E-state index is 15.8. The minimum absolute atomic E-state index is 0.0707. The molecule has 3 aromatic carbocycles. The topological polar surface area (TPSA) is 117 Å². The van der Waals surface area contributed by atoms with E-state index in [1.165, 1.54) is 36.3 Å². The first-order chi connectivity index (χ1) is 18.7. The van der Waals surface area contributed by atoms with Crippen LogP contribution in [0.3, 0.4) is 0 Å². The van der Waals surface area contributed by atoms with E-state index in [1.807, 2.05) is 6.07 Å². The quantitative estimate of drug-likeness (QED) is 0.271. The third-order valence-electron chi connectivity index (χ3n) is 6.28. The Morgan fingerprint density at radius 2 is 1.77 bits per heavy atom. The lowest BCUT2D eigenvalue weighted by Crippen LogP contribution is -2.48. The number of hydrogen-bond acceptors (Lipinski definition) is 5. The Balaban J connectivity index is 1.38. The van der Waals surface area contributed by atoms with Crippen LogP contribution in [0.2, 0.25) is 0 Å². The number of likely N-dealkylation sites (tertiary alicyclic amines) is 1. The van der Waals surface area contributed by atoms with Crippen molar-refractivity contribution in [3.8, 4) is 11.5 Å². The Kier molecular flexibility index (Phi) is 8.70. The summed E-state index contributed by atoms with van der Waals surface area (Å²) in [6, 6.07) is 17.3. The van der Waals surface area contributed by atoms with Crippen LogP contribution in [0.25, 0.3) is 0 Å². The summed E-state index contributed by atoms with van der Waals surface area (Å²) in [6.07, 6.45) is 0.548. The second-order valence-corrected chi connectivity index (χ2v) is 9.81. The van der Waals surface area contributed by atoms with Crippen molar-refractivity contribution < 1.29 is 33.4 Å². The van der Waals surface area contributed by atoms with Gasteiger partial charge in [-0.25, -0.2) is 14.0 Å². The molecule has 9 nitrogen and oxygen atoms in total. The Morgan fingerprint density at radius 1 is 1.05 bits per heavy atom. The molecule has 0 saturated carbocycles. The fraction of sp³-hybridized carbons (Fsp3) is 0.250. The number of halogens is 2. The minimum Gasteiger partial charge on any atom is -0.495 e. The number of carbonyl (C=O) groups is 3. The predicted octanol–water partition coefficient (Wildman–Crippen LogP) is 5.71. The number of anilines is 2. The van der Waals surface area contributed by atoms with Gasteiger partial charge in [-0.15, -0.1) is 0 Å². The minimum atomic E-state index is -1.99. The maximum Gasteiger partial charge on any atom is 0.335 e. The number of alkyl halides is 1. The molecule has 1 aliphatic rings. The van der Waals surface area contributed by atoms with Crippen LogP contribution in [-0.4, -0.2) is 54.0 Å². The molecule has 1 saturated heterocycles. The molecule has 1 atom stereocenters. The highest BCUT2D eigenvalue weighted by molar-refractivity contribution is 9.10. The predicted molar refractivity (Wildman–Crippen MR) is 147 cm³/mol. The molecule has 0 unspecified atom stereocenters. The van der Waals surface area contributed by atoms with E-state index in [-0.39, 0.29) is 31.6 Å². The van der Waals surface area contributed by atoms with Crippen molar-refractivity contribution in [3.05, 3.63) is 82.3 Å². The molecule has 0 radical (unpaired) electrons. The molecule has 0 aromatic heterocycles. The molecule has 0 bridgehead atoms. The van der Waals surface area contributed by atoms with Crippen molar-refractivity contribution in [1.29, 1.82) is 0 Å². The molecular weight excluding hydrogens is 573 g/mol. The van der Waals surface area contributed by atoms with Gasteiger partial charge in [-0.2, -0.15) is 0 Å². The number of benzene rings is 3. The summed E-state index contributed by atoms with van der Waals surface area (Å²) < 4.78 is 27.5. The van der Waals surface area contributed by atoms with Crippen LogP contribution in [-0.2, 0) is 11.2 Å². The SMILES string of the molecule is COc1cc(CC(=O)N2CCC[C@]2(F)COc2ccc(C(=O)O)cc2)ccc1NC(=O)Nc1ccccc1Br. The number of carboxylic acids is 1. The van der Waals surface area contributed by atoms with E-state index in [0.29, 0.717) is 34.9 Å². The lowest BCUT2D eigenvalue weighted by Gasteiger charge is -2.31. The lowest BCUT2D eigenvalue weighted by atomic mass is 10.1. The summed E-state index contributed by atoms with van der Waals surface area (Å²) in [5.74, 6) is -2.80. The summed E-state index contributed by atoms with van der Waals surface area (Å²) in [4.78, 5) is 37.8. The Labute approximate surface area is 233 Å². The highest BCUT2D eigenvalue weighted by Crippen LogP contribution is 2.33. The number of para-hydroxylation sites is 1. The van der Waals surface area contributed by atoms with Crippen molar-refractivity contribution in [2.45, 2.75) is 25.1 Å². The zero-order valence-corrected chi connectivity index (χ0v) is 22.7. The number of methoxy groups -OCH3 is 1. The second kappa shape index (κ2) is 12.2. The number of carboxylic acid groups (broad SMARTS) is 1. The molecule has 0 aliphatic carbocycles. The lowest BCUT2D eigenvalue weighted by molar-refractivity contribution is -0.144. The fourth-order valence-corrected chi connectivity index (χ4v) is 4.67. The van der Waals surface area contributed by atoms with Crippen LogP contribution in [0, 0.1) is 0 Å². The van der Waals surface area contributed by atoms with Gasteiger partial charge < -0.3 is 30.1 Å². The third kappa shape index (κ3) is 6.85. The Hall–Kier alpha value is -4.12. The van der Waals surface area contributed by atoms with Gasteiger partial charge in [0.15, 0.2) is 0 Å². The van der Waals surface area contributed by atoms with Gasteiger partial charge in [-0.3, -0.25) is 4.79 Å². The number of aromatic carboxylic acids is 1. The average Bonchev–Trinajstić information content (AvgIpc) is 3.31. The van der Waals surface area contributed by atoms with Crippen molar-refractivity contribution in [2.75, 3.05) is 30.9 Å². The smallest absolute Gasteiger partial charge is 0.335 e. The van der Waals surface area contributed by atoms with E-state index in [0.717, 1.165) is 4.47 Å². The molecule has 39 heavy (non-hydrogen) atoms. The van der Waals surface area contributed by atoms with E-state index in [9.17, 15) is 14.4 Å². The van der Waals surface area contributed by atoms with E-state index in [2.05, 4.69) is 26.6 Å². The number of urea groups is 1. The van der Waals surface area contributed by atoms with Crippen LogP contribution < -0.4 is 20.1 Å². The second-order valence-electron chi connectivity index (χ2n) is 8.96. The third-order valence-corrected chi connectivity index (χ3v) is 6.97. The van der Waals surface area contributed by atoms with Gasteiger partial charge in [0.1, 0.15) is 18.1 Å². The van der Waals surface area contributed by atoms with Crippen molar-refractivity contribution in [1.82, 2.24) is 4.90 Å². The molecule has 3 amide bonds.